The first-order chi connectivity index (χ1) is 14.2. The van der Waals surface area contributed by atoms with E-state index < -0.39 is 5.82 Å². The van der Waals surface area contributed by atoms with Crippen LogP contribution in [0.15, 0.2) is 48.7 Å². The molecule has 2 fully saturated rings. The summed E-state index contributed by atoms with van der Waals surface area (Å²) in [6, 6.07) is 13.2. The Balaban J connectivity index is 1.37. The molecule has 4 nitrogen and oxygen atoms in total. The number of benzene rings is 2. The zero-order valence-electron chi connectivity index (χ0n) is 16.5. The van der Waals surface area contributed by atoms with Gasteiger partial charge in [-0.05, 0) is 85.6 Å². The fourth-order valence-electron chi connectivity index (χ4n) is 4.81. The third-order valence-corrected chi connectivity index (χ3v) is 6.39. The molecule has 1 aromatic heterocycles. The zero-order valence-corrected chi connectivity index (χ0v) is 16.5. The minimum Gasteiger partial charge on any atom is -0.361 e. The fourth-order valence-corrected chi connectivity index (χ4v) is 4.81. The van der Waals surface area contributed by atoms with Gasteiger partial charge in [0.15, 0.2) is 0 Å². The molecule has 2 saturated heterocycles. The van der Waals surface area contributed by atoms with Crippen molar-refractivity contribution in [3.63, 3.8) is 0 Å². The van der Waals surface area contributed by atoms with E-state index in [-0.39, 0.29) is 17.5 Å². The summed E-state index contributed by atoms with van der Waals surface area (Å²) in [6.45, 7) is 3.88. The molecule has 3 heterocycles. The predicted octanol–water partition coefficient (Wildman–Crippen LogP) is 4.67. The first-order valence-electron chi connectivity index (χ1n) is 10.6. The SMILES string of the molecule is O=C(c1ccc(-c2ccc3[nH]ccc3c2)cc1F)N1CCCC1CN1CCCC1. The highest BCUT2D eigenvalue weighted by Gasteiger charge is 2.32. The van der Waals surface area contributed by atoms with E-state index in [0.717, 1.165) is 61.1 Å². The smallest absolute Gasteiger partial charge is 0.257 e. The Morgan fingerprint density at radius 3 is 2.62 bits per heavy atom. The second kappa shape index (κ2) is 7.64. The van der Waals surface area contributed by atoms with Crippen LogP contribution in [0.25, 0.3) is 22.0 Å². The Morgan fingerprint density at radius 2 is 1.79 bits per heavy atom. The van der Waals surface area contributed by atoms with Crippen LogP contribution in [0.3, 0.4) is 0 Å². The molecule has 0 saturated carbocycles. The first kappa shape index (κ1) is 18.4. The summed E-state index contributed by atoms with van der Waals surface area (Å²) in [4.78, 5) is 20.6. The third kappa shape index (κ3) is 3.55. The number of hydrogen-bond donors (Lipinski definition) is 1. The highest BCUT2D eigenvalue weighted by Crippen LogP contribution is 2.28. The van der Waals surface area contributed by atoms with Crippen LogP contribution in [0.4, 0.5) is 4.39 Å². The van der Waals surface area contributed by atoms with E-state index in [2.05, 4.69) is 9.88 Å². The standard InChI is InChI=1S/C24H26FN3O/c25-22-15-18(17-6-8-23-19(14-17)9-10-26-23)5-7-21(22)24(29)28-13-3-4-20(28)16-27-11-1-2-12-27/h5-10,14-15,20,26H,1-4,11-13,16H2. The summed E-state index contributed by atoms with van der Waals surface area (Å²) in [5.74, 6) is -0.606. The van der Waals surface area contributed by atoms with Crippen LogP contribution in [0.1, 0.15) is 36.0 Å². The lowest BCUT2D eigenvalue weighted by molar-refractivity contribution is 0.0704. The van der Waals surface area contributed by atoms with E-state index in [9.17, 15) is 9.18 Å². The van der Waals surface area contributed by atoms with Gasteiger partial charge >= 0.3 is 0 Å². The number of fused-ring (bicyclic) bond motifs is 1. The number of likely N-dealkylation sites (tertiary alicyclic amines) is 2. The maximum atomic E-state index is 15.0. The Bertz CT molecular complexity index is 1040. The van der Waals surface area contributed by atoms with Gasteiger partial charge in [0.2, 0.25) is 0 Å². The quantitative estimate of drug-likeness (QED) is 0.702. The molecule has 29 heavy (non-hydrogen) atoms. The average Bonchev–Trinajstić information content (AvgIpc) is 3.49. The molecular formula is C24H26FN3O. The Kier molecular flexibility index (Phi) is 4.84. The maximum absolute atomic E-state index is 15.0. The second-order valence-corrected chi connectivity index (χ2v) is 8.28. The average molecular weight is 391 g/mol. The molecule has 150 valence electrons. The van der Waals surface area contributed by atoms with Crippen molar-refractivity contribution in [2.45, 2.75) is 31.7 Å². The van der Waals surface area contributed by atoms with E-state index in [0.29, 0.717) is 0 Å². The molecule has 0 aliphatic carbocycles. The molecule has 1 atom stereocenters. The number of halogens is 1. The monoisotopic (exact) mass is 391 g/mol. The summed E-state index contributed by atoms with van der Waals surface area (Å²) >= 11 is 0. The van der Waals surface area contributed by atoms with Gasteiger partial charge in [0.25, 0.3) is 5.91 Å². The molecule has 2 aliphatic heterocycles. The number of carbonyl (C=O) groups is 1. The number of nitrogens with zero attached hydrogens (tertiary/aromatic N) is 2. The van der Waals surface area contributed by atoms with Gasteiger partial charge in [-0.3, -0.25) is 4.79 Å². The van der Waals surface area contributed by atoms with Crippen molar-refractivity contribution in [3.05, 3.63) is 60.0 Å². The van der Waals surface area contributed by atoms with Crippen molar-refractivity contribution < 1.29 is 9.18 Å². The molecule has 5 rings (SSSR count). The van der Waals surface area contributed by atoms with Gasteiger partial charge in [-0.2, -0.15) is 0 Å². The lowest BCUT2D eigenvalue weighted by atomic mass is 10.0. The summed E-state index contributed by atoms with van der Waals surface area (Å²) in [5.41, 5.74) is 2.98. The highest BCUT2D eigenvalue weighted by atomic mass is 19.1. The number of amides is 1. The fraction of sp³-hybridized carbons (Fsp3) is 0.375. The Labute approximate surface area is 170 Å². The molecule has 2 aliphatic rings. The molecule has 3 aromatic rings. The predicted molar refractivity (Wildman–Crippen MR) is 113 cm³/mol. The van der Waals surface area contributed by atoms with Gasteiger partial charge in [0.1, 0.15) is 5.82 Å². The topological polar surface area (TPSA) is 39.3 Å². The summed E-state index contributed by atoms with van der Waals surface area (Å²) in [6.07, 6.45) is 6.39. The van der Waals surface area contributed by atoms with E-state index >= 15 is 0 Å². The van der Waals surface area contributed by atoms with Crippen LogP contribution in [-0.4, -0.2) is 52.9 Å². The van der Waals surface area contributed by atoms with Crippen molar-refractivity contribution in [2.75, 3.05) is 26.2 Å². The normalized spacial score (nSPS) is 20.0. The van der Waals surface area contributed by atoms with E-state index in [1.54, 1.807) is 6.07 Å². The molecule has 2 aromatic carbocycles. The molecule has 1 unspecified atom stereocenters. The van der Waals surface area contributed by atoms with Gasteiger partial charge in [-0.15, -0.1) is 0 Å². The van der Waals surface area contributed by atoms with E-state index in [4.69, 9.17) is 0 Å². The number of hydrogen-bond acceptors (Lipinski definition) is 2. The van der Waals surface area contributed by atoms with Crippen LogP contribution in [0.5, 0.6) is 0 Å². The van der Waals surface area contributed by atoms with Crippen LogP contribution in [-0.2, 0) is 0 Å². The summed E-state index contributed by atoms with van der Waals surface area (Å²) < 4.78 is 15.0. The van der Waals surface area contributed by atoms with Gasteiger partial charge < -0.3 is 14.8 Å². The molecule has 1 N–H and O–H groups in total. The van der Waals surface area contributed by atoms with Gasteiger partial charge in [0.05, 0.1) is 5.56 Å². The minimum absolute atomic E-state index is 0.170. The lowest BCUT2D eigenvalue weighted by Gasteiger charge is -2.28. The maximum Gasteiger partial charge on any atom is 0.257 e. The highest BCUT2D eigenvalue weighted by molar-refractivity contribution is 5.95. The molecular weight excluding hydrogens is 365 g/mol. The Hall–Kier alpha value is -2.66. The van der Waals surface area contributed by atoms with Crippen LogP contribution >= 0.6 is 0 Å². The summed E-state index contributed by atoms with van der Waals surface area (Å²) in [5, 5.41) is 1.09. The third-order valence-electron chi connectivity index (χ3n) is 6.39. The lowest BCUT2D eigenvalue weighted by Crippen LogP contribution is -2.42. The van der Waals surface area contributed by atoms with E-state index in [1.165, 1.54) is 18.9 Å². The number of nitrogens with one attached hydrogen (secondary N) is 1. The molecule has 5 heteroatoms. The minimum atomic E-state index is -0.437. The van der Waals surface area contributed by atoms with Crippen LogP contribution in [0, 0.1) is 5.82 Å². The summed E-state index contributed by atoms with van der Waals surface area (Å²) in [7, 11) is 0. The zero-order chi connectivity index (χ0) is 19.8. The van der Waals surface area contributed by atoms with Crippen molar-refractivity contribution in [3.8, 4) is 11.1 Å². The number of carbonyl (C=O) groups excluding carboxylic acids is 1. The van der Waals surface area contributed by atoms with Crippen molar-refractivity contribution in [1.29, 1.82) is 0 Å². The van der Waals surface area contributed by atoms with Crippen molar-refractivity contribution in [1.82, 2.24) is 14.8 Å². The molecule has 1 amide bonds. The van der Waals surface area contributed by atoms with Gasteiger partial charge in [-0.1, -0.05) is 12.1 Å². The Morgan fingerprint density at radius 1 is 1.00 bits per heavy atom. The number of H-pyrrole nitrogens is 1. The van der Waals surface area contributed by atoms with Gasteiger partial charge in [0, 0.05) is 30.8 Å². The first-order valence-corrected chi connectivity index (χ1v) is 10.6. The molecule has 0 spiro atoms. The number of aromatic nitrogens is 1. The number of rotatable bonds is 4. The van der Waals surface area contributed by atoms with Crippen LogP contribution in [0.2, 0.25) is 0 Å². The largest absolute Gasteiger partial charge is 0.361 e. The van der Waals surface area contributed by atoms with Crippen molar-refractivity contribution >= 4 is 16.8 Å². The van der Waals surface area contributed by atoms with Gasteiger partial charge in [-0.25, -0.2) is 4.39 Å². The van der Waals surface area contributed by atoms with E-state index in [1.807, 2.05) is 41.4 Å². The molecule has 0 radical (unpaired) electrons. The second-order valence-electron chi connectivity index (χ2n) is 8.28. The van der Waals surface area contributed by atoms with Crippen LogP contribution < -0.4 is 0 Å². The number of aromatic amines is 1. The molecule has 0 bridgehead atoms. The van der Waals surface area contributed by atoms with Crippen molar-refractivity contribution in [2.24, 2.45) is 0 Å².